The molecule has 2 atom stereocenters. The fraction of sp³-hybridized carbons (Fsp3) is 0.438. The first kappa shape index (κ1) is 14.6. The number of aliphatic hydroxyl groups excluding tert-OH is 1. The van der Waals surface area contributed by atoms with Crippen molar-refractivity contribution in [3.63, 3.8) is 0 Å². The zero-order valence-electron chi connectivity index (χ0n) is 12.4. The maximum Gasteiger partial charge on any atom is 0.253 e. The van der Waals surface area contributed by atoms with E-state index in [1.54, 1.807) is 0 Å². The number of hydrogen-bond acceptors (Lipinski definition) is 2. The van der Waals surface area contributed by atoms with Crippen LogP contribution in [0.3, 0.4) is 0 Å². The Bertz CT molecular complexity index is 631. The third-order valence-electron chi connectivity index (χ3n) is 4.09. The number of aromatic amines is 1. The molecule has 1 amide bonds. The van der Waals surface area contributed by atoms with Gasteiger partial charge in [-0.15, -0.1) is 0 Å². The number of aryl methyl sites for hydroxylation is 2. The summed E-state index contributed by atoms with van der Waals surface area (Å²) >= 11 is 0. The summed E-state index contributed by atoms with van der Waals surface area (Å²) in [4.78, 5) is 15.7. The van der Waals surface area contributed by atoms with Crippen LogP contribution in [0.4, 0.5) is 0 Å². The van der Waals surface area contributed by atoms with Crippen LogP contribution in [0, 0.1) is 19.8 Å². The number of aliphatic hydroxyl groups is 1. The molecule has 1 aromatic heterocycles. The molecule has 0 aliphatic rings. The number of hydrogen-bond donors (Lipinski definition) is 3. The van der Waals surface area contributed by atoms with Gasteiger partial charge in [0.2, 0.25) is 0 Å². The summed E-state index contributed by atoms with van der Waals surface area (Å²) in [5, 5.41) is 13.2. The summed E-state index contributed by atoms with van der Waals surface area (Å²) in [5.41, 5.74) is 3.78. The predicted molar refractivity (Wildman–Crippen MR) is 81.0 cm³/mol. The lowest BCUT2D eigenvalue weighted by atomic mass is 10.0. The fourth-order valence-electron chi connectivity index (χ4n) is 2.26. The molecule has 0 aliphatic carbocycles. The molecule has 0 spiro atoms. The largest absolute Gasteiger partial charge is 0.396 e. The minimum atomic E-state index is -0.107. The number of H-pyrrole nitrogens is 1. The first-order chi connectivity index (χ1) is 9.45. The number of benzene rings is 1. The molecule has 0 fully saturated rings. The quantitative estimate of drug-likeness (QED) is 0.802. The lowest BCUT2D eigenvalue weighted by Gasteiger charge is -2.19. The molecule has 0 saturated carbocycles. The second-order valence-electron chi connectivity index (χ2n) is 5.53. The van der Waals surface area contributed by atoms with E-state index in [2.05, 4.69) is 10.3 Å². The first-order valence-corrected chi connectivity index (χ1v) is 6.95. The molecule has 2 rings (SSSR count). The van der Waals surface area contributed by atoms with Crippen molar-refractivity contribution >= 4 is 16.8 Å². The molecule has 4 nitrogen and oxygen atoms in total. The second-order valence-corrected chi connectivity index (χ2v) is 5.53. The van der Waals surface area contributed by atoms with Crippen molar-refractivity contribution in [3.8, 4) is 0 Å². The van der Waals surface area contributed by atoms with Crippen LogP contribution < -0.4 is 5.32 Å². The van der Waals surface area contributed by atoms with Gasteiger partial charge in [-0.2, -0.15) is 0 Å². The van der Waals surface area contributed by atoms with Gasteiger partial charge in [0.15, 0.2) is 0 Å². The van der Waals surface area contributed by atoms with E-state index in [-0.39, 0.29) is 24.5 Å². The number of para-hydroxylation sites is 1. The van der Waals surface area contributed by atoms with E-state index in [1.165, 1.54) is 5.56 Å². The molecule has 2 unspecified atom stereocenters. The Balaban J connectivity index is 2.33. The van der Waals surface area contributed by atoms with Gasteiger partial charge in [-0.1, -0.05) is 19.1 Å². The molecule has 2 aromatic rings. The number of carbonyl (C=O) groups excluding carboxylic acids is 1. The topological polar surface area (TPSA) is 65.1 Å². The van der Waals surface area contributed by atoms with Crippen LogP contribution in [0.15, 0.2) is 18.2 Å². The van der Waals surface area contributed by atoms with Gasteiger partial charge in [-0.05, 0) is 38.3 Å². The summed E-state index contributed by atoms with van der Waals surface area (Å²) in [5.74, 6) is -0.0742. The average Bonchev–Trinajstić information content (AvgIpc) is 2.73. The fourth-order valence-corrected chi connectivity index (χ4v) is 2.26. The molecule has 0 radical (unpaired) electrons. The van der Waals surface area contributed by atoms with Crippen LogP contribution in [0.2, 0.25) is 0 Å². The first-order valence-electron chi connectivity index (χ1n) is 6.95. The van der Waals surface area contributed by atoms with Gasteiger partial charge < -0.3 is 15.4 Å². The zero-order chi connectivity index (χ0) is 14.9. The van der Waals surface area contributed by atoms with Crippen LogP contribution in [0.1, 0.15) is 35.5 Å². The normalized spacial score (nSPS) is 14.2. The van der Waals surface area contributed by atoms with Crippen molar-refractivity contribution in [1.29, 1.82) is 0 Å². The molecule has 0 aliphatic heterocycles. The number of amides is 1. The zero-order valence-corrected chi connectivity index (χ0v) is 12.4. The van der Waals surface area contributed by atoms with E-state index in [0.29, 0.717) is 5.56 Å². The standard InChI is InChI=1S/C16H22N2O2/c1-9(8-19)11(3)18-16(20)14-7-5-6-13-10(2)12(4)17-15(13)14/h5-7,9,11,17,19H,8H2,1-4H3,(H,18,20). The molecule has 20 heavy (non-hydrogen) atoms. The van der Waals surface area contributed by atoms with Gasteiger partial charge in [0, 0.05) is 23.7 Å². The molecule has 3 N–H and O–H groups in total. The van der Waals surface area contributed by atoms with E-state index in [9.17, 15) is 4.79 Å². The van der Waals surface area contributed by atoms with E-state index in [4.69, 9.17) is 5.11 Å². The van der Waals surface area contributed by atoms with Crippen LogP contribution in [-0.2, 0) is 0 Å². The van der Waals surface area contributed by atoms with Crippen molar-refractivity contribution in [2.45, 2.75) is 33.7 Å². The average molecular weight is 274 g/mol. The Hall–Kier alpha value is -1.81. The van der Waals surface area contributed by atoms with Gasteiger partial charge in [0.25, 0.3) is 5.91 Å². The molecule has 1 heterocycles. The molecular formula is C16H22N2O2. The van der Waals surface area contributed by atoms with E-state index >= 15 is 0 Å². The number of aromatic nitrogens is 1. The van der Waals surface area contributed by atoms with Gasteiger partial charge in [0.05, 0.1) is 11.1 Å². The van der Waals surface area contributed by atoms with Crippen LogP contribution in [0.25, 0.3) is 10.9 Å². The minimum Gasteiger partial charge on any atom is -0.396 e. The van der Waals surface area contributed by atoms with Crippen molar-refractivity contribution in [3.05, 3.63) is 35.0 Å². The lowest BCUT2D eigenvalue weighted by Crippen LogP contribution is -2.38. The highest BCUT2D eigenvalue weighted by molar-refractivity contribution is 6.06. The van der Waals surface area contributed by atoms with Crippen molar-refractivity contribution in [1.82, 2.24) is 10.3 Å². The van der Waals surface area contributed by atoms with Gasteiger partial charge in [0.1, 0.15) is 0 Å². The highest BCUT2D eigenvalue weighted by Gasteiger charge is 2.18. The monoisotopic (exact) mass is 274 g/mol. The molecular weight excluding hydrogens is 252 g/mol. The van der Waals surface area contributed by atoms with Crippen molar-refractivity contribution in [2.75, 3.05) is 6.61 Å². The summed E-state index contributed by atoms with van der Waals surface area (Å²) < 4.78 is 0. The highest BCUT2D eigenvalue weighted by Crippen LogP contribution is 2.24. The second kappa shape index (κ2) is 5.67. The Morgan fingerprint density at radius 3 is 2.70 bits per heavy atom. The maximum atomic E-state index is 12.4. The summed E-state index contributed by atoms with van der Waals surface area (Å²) in [7, 11) is 0. The van der Waals surface area contributed by atoms with E-state index < -0.39 is 0 Å². The Labute approximate surface area is 119 Å². The Morgan fingerprint density at radius 2 is 2.05 bits per heavy atom. The van der Waals surface area contributed by atoms with Gasteiger partial charge in [-0.3, -0.25) is 4.79 Å². The van der Waals surface area contributed by atoms with E-state index in [0.717, 1.165) is 16.6 Å². The SMILES string of the molecule is Cc1[nH]c2c(C(=O)NC(C)C(C)CO)cccc2c1C. The highest BCUT2D eigenvalue weighted by atomic mass is 16.3. The smallest absolute Gasteiger partial charge is 0.253 e. The predicted octanol–water partition coefficient (Wildman–Crippen LogP) is 2.53. The van der Waals surface area contributed by atoms with Crippen LogP contribution >= 0.6 is 0 Å². The van der Waals surface area contributed by atoms with Gasteiger partial charge >= 0.3 is 0 Å². The van der Waals surface area contributed by atoms with Crippen LogP contribution in [-0.4, -0.2) is 28.6 Å². The molecule has 0 bridgehead atoms. The van der Waals surface area contributed by atoms with Crippen LogP contribution in [0.5, 0.6) is 0 Å². The maximum absolute atomic E-state index is 12.4. The molecule has 108 valence electrons. The summed E-state index contributed by atoms with van der Waals surface area (Å²) in [6, 6.07) is 5.67. The van der Waals surface area contributed by atoms with Crippen molar-refractivity contribution < 1.29 is 9.90 Å². The minimum absolute atomic E-state index is 0.0327. The van der Waals surface area contributed by atoms with Crippen molar-refractivity contribution in [2.24, 2.45) is 5.92 Å². The van der Waals surface area contributed by atoms with E-state index in [1.807, 2.05) is 45.9 Å². The summed E-state index contributed by atoms with van der Waals surface area (Å²) in [6.07, 6.45) is 0. The Morgan fingerprint density at radius 1 is 1.35 bits per heavy atom. The molecule has 4 heteroatoms. The number of nitrogens with one attached hydrogen (secondary N) is 2. The molecule has 1 aromatic carbocycles. The number of fused-ring (bicyclic) bond motifs is 1. The Kier molecular flexibility index (Phi) is 4.14. The number of rotatable bonds is 4. The lowest BCUT2D eigenvalue weighted by molar-refractivity contribution is 0.0918. The number of carbonyl (C=O) groups is 1. The third kappa shape index (κ3) is 2.56. The third-order valence-corrected chi connectivity index (χ3v) is 4.09. The van der Waals surface area contributed by atoms with Gasteiger partial charge in [-0.25, -0.2) is 0 Å². The summed E-state index contributed by atoms with van der Waals surface area (Å²) in [6.45, 7) is 7.94. The molecule has 0 saturated heterocycles.